The Morgan fingerprint density at radius 1 is 0.972 bits per heavy atom. The van der Waals surface area contributed by atoms with Gasteiger partial charge < -0.3 is 16.8 Å². The number of hydrogen-bond acceptors (Lipinski definition) is 5. The fourth-order valence-corrected chi connectivity index (χ4v) is 5.53. The minimum Gasteiger partial charge on any atom is -0.358 e. The van der Waals surface area contributed by atoms with Gasteiger partial charge in [0.05, 0.1) is 11.4 Å². The summed E-state index contributed by atoms with van der Waals surface area (Å²) in [7, 11) is 0. The molecule has 4 nitrogen and oxygen atoms in total. The zero-order chi connectivity index (χ0) is 25.1. The molecule has 0 saturated heterocycles. The molecule has 0 fully saturated rings. The minimum atomic E-state index is -2.52. The molecular weight excluding hydrogens is 474 g/mol. The molecular formula is C29H28F2N4S. The molecule has 0 amide bonds. The predicted molar refractivity (Wildman–Crippen MR) is 145 cm³/mol. The molecule has 36 heavy (non-hydrogen) atoms. The highest BCUT2D eigenvalue weighted by atomic mass is 32.1. The molecule has 4 aromatic rings. The van der Waals surface area contributed by atoms with Gasteiger partial charge in [-0.15, -0.1) is 11.3 Å². The van der Waals surface area contributed by atoms with E-state index in [1.54, 1.807) is 12.1 Å². The van der Waals surface area contributed by atoms with Crippen molar-refractivity contribution in [2.75, 3.05) is 11.9 Å². The Morgan fingerprint density at radius 2 is 1.72 bits per heavy atom. The Labute approximate surface area is 213 Å². The topological polar surface area (TPSA) is 77.0 Å². The van der Waals surface area contributed by atoms with Gasteiger partial charge in [0.1, 0.15) is 0 Å². The van der Waals surface area contributed by atoms with Crippen LogP contribution in [0, 0.1) is 0 Å². The number of allylic oxidation sites excluding steroid dienone is 3. The van der Waals surface area contributed by atoms with Crippen LogP contribution in [-0.4, -0.2) is 17.2 Å². The van der Waals surface area contributed by atoms with Gasteiger partial charge in [-0.2, -0.15) is 0 Å². The Bertz CT molecular complexity index is 1400. The number of benzene rings is 3. The van der Waals surface area contributed by atoms with E-state index >= 15 is 0 Å². The van der Waals surface area contributed by atoms with Crippen molar-refractivity contribution in [2.45, 2.75) is 30.8 Å². The molecule has 1 aliphatic carbocycles. The Morgan fingerprint density at radius 3 is 2.47 bits per heavy atom. The van der Waals surface area contributed by atoms with Gasteiger partial charge in [0.25, 0.3) is 6.43 Å². The van der Waals surface area contributed by atoms with Crippen LogP contribution in [0.3, 0.4) is 0 Å². The molecule has 1 aromatic heterocycles. The second-order valence-corrected chi connectivity index (χ2v) is 10.00. The summed E-state index contributed by atoms with van der Waals surface area (Å²) in [6.45, 7) is 0.262. The maximum Gasteiger partial charge on any atom is 0.263 e. The SMILES string of the molecule is NC(N)(CNc1nc(-c2cccc3ccccc23)cs1)C(C1=CC=CCC1)c1ccc(C(F)F)cc1. The van der Waals surface area contributed by atoms with E-state index < -0.39 is 12.1 Å². The van der Waals surface area contributed by atoms with Crippen LogP contribution in [-0.2, 0) is 0 Å². The molecule has 0 spiro atoms. The van der Waals surface area contributed by atoms with Gasteiger partial charge in [0.2, 0.25) is 0 Å². The van der Waals surface area contributed by atoms with Crippen LogP contribution in [0.1, 0.15) is 36.3 Å². The third kappa shape index (κ3) is 5.09. The van der Waals surface area contributed by atoms with E-state index in [9.17, 15) is 8.78 Å². The van der Waals surface area contributed by atoms with Crippen LogP contribution in [0.25, 0.3) is 22.0 Å². The summed E-state index contributed by atoms with van der Waals surface area (Å²) in [5, 5.41) is 8.39. The number of halogens is 2. The highest BCUT2D eigenvalue weighted by Crippen LogP contribution is 2.37. The van der Waals surface area contributed by atoms with Crippen LogP contribution in [0.15, 0.2) is 95.9 Å². The first-order valence-corrected chi connectivity index (χ1v) is 12.8. The summed E-state index contributed by atoms with van der Waals surface area (Å²) in [6, 6.07) is 20.7. The minimum absolute atomic E-state index is 0.0171. The van der Waals surface area contributed by atoms with Crippen LogP contribution in [0.2, 0.25) is 0 Å². The third-order valence-electron chi connectivity index (χ3n) is 6.59. The fraction of sp³-hybridized carbons (Fsp3) is 0.207. The lowest BCUT2D eigenvalue weighted by atomic mass is 9.78. The smallest absolute Gasteiger partial charge is 0.263 e. The maximum atomic E-state index is 13.1. The van der Waals surface area contributed by atoms with E-state index in [2.05, 4.69) is 35.7 Å². The van der Waals surface area contributed by atoms with E-state index in [-0.39, 0.29) is 18.0 Å². The maximum absolute atomic E-state index is 13.1. The lowest BCUT2D eigenvalue weighted by Gasteiger charge is -2.37. The van der Waals surface area contributed by atoms with Crippen molar-refractivity contribution in [3.63, 3.8) is 0 Å². The standard InChI is InChI=1S/C29H28F2N4S/c30-27(31)22-15-13-21(14-16-22)26(20-8-2-1-3-9-20)29(32,33)18-34-28-35-25(17-36-28)24-12-6-10-19-7-4-5-11-23(19)24/h1-2,4-8,10-17,26-27H,3,9,18,32-33H2,(H,34,35). The second kappa shape index (κ2) is 10.3. The van der Waals surface area contributed by atoms with E-state index in [1.165, 1.54) is 23.5 Å². The lowest BCUT2D eigenvalue weighted by Crippen LogP contribution is -2.59. The van der Waals surface area contributed by atoms with Crippen LogP contribution in [0.4, 0.5) is 13.9 Å². The molecule has 1 unspecified atom stereocenters. The van der Waals surface area contributed by atoms with E-state index in [1.807, 2.05) is 35.7 Å². The van der Waals surface area contributed by atoms with E-state index in [0.29, 0.717) is 0 Å². The molecule has 1 aliphatic rings. The van der Waals surface area contributed by atoms with E-state index in [0.717, 1.165) is 51.1 Å². The average molecular weight is 503 g/mol. The third-order valence-corrected chi connectivity index (χ3v) is 7.39. The normalized spacial score (nSPS) is 14.8. The van der Waals surface area contributed by atoms with Gasteiger partial charge in [-0.1, -0.05) is 90.5 Å². The number of nitrogens with two attached hydrogens (primary N) is 2. The number of nitrogens with one attached hydrogen (secondary N) is 1. The number of rotatable bonds is 8. The number of hydrogen-bond donors (Lipinski definition) is 3. The first-order chi connectivity index (χ1) is 17.4. The summed E-state index contributed by atoms with van der Waals surface area (Å²) >= 11 is 1.50. The summed E-state index contributed by atoms with van der Waals surface area (Å²) in [6.07, 6.45) is 5.32. The van der Waals surface area contributed by atoms with Crippen LogP contribution >= 0.6 is 11.3 Å². The second-order valence-electron chi connectivity index (χ2n) is 9.14. The molecule has 184 valence electrons. The largest absolute Gasteiger partial charge is 0.358 e. The molecule has 0 saturated carbocycles. The monoisotopic (exact) mass is 502 g/mol. The van der Waals surface area contributed by atoms with Crippen molar-refractivity contribution in [3.05, 3.63) is 107 Å². The number of alkyl halides is 2. The Kier molecular flexibility index (Phi) is 6.96. The molecule has 0 aliphatic heterocycles. The van der Waals surface area contributed by atoms with Crippen molar-refractivity contribution in [3.8, 4) is 11.3 Å². The predicted octanol–water partition coefficient (Wildman–Crippen LogP) is 6.99. The number of thiazole rings is 1. The van der Waals surface area contributed by atoms with Gasteiger partial charge in [0.15, 0.2) is 5.13 Å². The fourth-order valence-electron chi connectivity index (χ4n) is 4.82. The highest BCUT2D eigenvalue weighted by Gasteiger charge is 2.35. The van der Waals surface area contributed by atoms with Crippen molar-refractivity contribution in [1.29, 1.82) is 0 Å². The van der Waals surface area contributed by atoms with Gasteiger partial charge in [-0.3, -0.25) is 0 Å². The number of fused-ring (bicyclic) bond motifs is 1. The van der Waals surface area contributed by atoms with Crippen molar-refractivity contribution < 1.29 is 8.78 Å². The first-order valence-electron chi connectivity index (χ1n) is 11.9. The van der Waals surface area contributed by atoms with Crippen molar-refractivity contribution >= 4 is 27.2 Å². The zero-order valence-electron chi connectivity index (χ0n) is 19.7. The summed E-state index contributed by atoms with van der Waals surface area (Å²) in [4.78, 5) is 4.80. The summed E-state index contributed by atoms with van der Waals surface area (Å²) in [5.74, 6) is -0.334. The molecule has 1 heterocycles. The molecule has 0 radical (unpaired) electrons. The first kappa shape index (κ1) is 24.3. The zero-order valence-corrected chi connectivity index (χ0v) is 20.5. The number of aromatic nitrogens is 1. The summed E-state index contributed by atoms with van der Waals surface area (Å²) in [5.41, 5.74) is 16.2. The van der Waals surface area contributed by atoms with Crippen LogP contribution < -0.4 is 16.8 Å². The lowest BCUT2D eigenvalue weighted by molar-refractivity contribution is 0.151. The number of anilines is 1. The van der Waals surface area contributed by atoms with E-state index in [4.69, 9.17) is 16.5 Å². The molecule has 3 aromatic carbocycles. The van der Waals surface area contributed by atoms with Crippen LogP contribution in [0.5, 0.6) is 0 Å². The van der Waals surface area contributed by atoms with Gasteiger partial charge in [-0.05, 0) is 29.2 Å². The molecule has 1 atom stereocenters. The van der Waals surface area contributed by atoms with Crippen molar-refractivity contribution in [1.82, 2.24) is 4.98 Å². The highest BCUT2D eigenvalue weighted by molar-refractivity contribution is 7.14. The quantitative estimate of drug-likeness (QED) is 0.227. The molecule has 5 N–H and O–H groups in total. The van der Waals surface area contributed by atoms with Gasteiger partial charge in [-0.25, -0.2) is 13.8 Å². The average Bonchev–Trinajstić information content (AvgIpc) is 3.37. The molecule has 7 heteroatoms. The number of nitrogens with zero attached hydrogens (tertiary/aromatic N) is 1. The molecule has 0 bridgehead atoms. The summed E-state index contributed by atoms with van der Waals surface area (Å²) < 4.78 is 26.2. The van der Waals surface area contributed by atoms with Gasteiger partial charge in [0, 0.05) is 29.0 Å². The van der Waals surface area contributed by atoms with Gasteiger partial charge >= 0.3 is 0 Å². The van der Waals surface area contributed by atoms with Crippen molar-refractivity contribution in [2.24, 2.45) is 11.5 Å². The Hall–Kier alpha value is -3.39. The Balaban J connectivity index is 1.39. The molecule has 5 rings (SSSR count).